The standard InChI is InChI=1S/C14H9BrN2O3S/c15-11-4-3-10(21-11)14(20)7-1-2-8-9(5-7)17-13(19)6-12(18)16-8/h1-5H,6H2,(H,16,18)(H,17,19). The van der Waals surface area contributed by atoms with Gasteiger partial charge in [-0.2, -0.15) is 0 Å². The predicted molar refractivity (Wildman–Crippen MR) is 83.8 cm³/mol. The van der Waals surface area contributed by atoms with Gasteiger partial charge in [-0.15, -0.1) is 11.3 Å². The zero-order chi connectivity index (χ0) is 15.0. The van der Waals surface area contributed by atoms with Gasteiger partial charge in [0.15, 0.2) is 0 Å². The number of fused-ring (bicyclic) bond motifs is 1. The van der Waals surface area contributed by atoms with E-state index in [1.165, 1.54) is 11.3 Å². The number of hydrogen-bond acceptors (Lipinski definition) is 4. The van der Waals surface area contributed by atoms with E-state index >= 15 is 0 Å². The smallest absolute Gasteiger partial charge is 0.233 e. The summed E-state index contributed by atoms with van der Waals surface area (Å²) in [5.41, 5.74) is 1.39. The van der Waals surface area contributed by atoms with Crippen LogP contribution in [0.1, 0.15) is 21.7 Å². The van der Waals surface area contributed by atoms with E-state index in [0.717, 1.165) is 3.79 Å². The van der Waals surface area contributed by atoms with Crippen LogP contribution in [-0.4, -0.2) is 17.6 Å². The average molecular weight is 365 g/mol. The maximum Gasteiger partial charge on any atom is 0.233 e. The van der Waals surface area contributed by atoms with Crippen molar-refractivity contribution in [2.45, 2.75) is 6.42 Å². The molecule has 2 N–H and O–H groups in total. The van der Waals surface area contributed by atoms with Crippen LogP contribution in [0.3, 0.4) is 0 Å². The zero-order valence-corrected chi connectivity index (χ0v) is 13.0. The van der Waals surface area contributed by atoms with Crippen LogP contribution in [0.5, 0.6) is 0 Å². The van der Waals surface area contributed by atoms with Crippen molar-refractivity contribution in [1.29, 1.82) is 0 Å². The maximum absolute atomic E-state index is 12.4. The van der Waals surface area contributed by atoms with Gasteiger partial charge in [0, 0.05) is 5.56 Å². The van der Waals surface area contributed by atoms with Gasteiger partial charge in [-0.1, -0.05) is 0 Å². The van der Waals surface area contributed by atoms with Gasteiger partial charge in [0.2, 0.25) is 17.6 Å². The number of rotatable bonds is 2. The summed E-state index contributed by atoms with van der Waals surface area (Å²) < 4.78 is 0.876. The number of ketones is 1. The van der Waals surface area contributed by atoms with Crippen molar-refractivity contribution in [3.63, 3.8) is 0 Å². The summed E-state index contributed by atoms with van der Waals surface area (Å²) in [5, 5.41) is 5.25. The Morgan fingerprint density at radius 1 is 1.05 bits per heavy atom. The highest BCUT2D eigenvalue weighted by Crippen LogP contribution is 2.29. The Labute approximate surface area is 132 Å². The first-order valence-corrected chi connectivity index (χ1v) is 7.67. The van der Waals surface area contributed by atoms with Gasteiger partial charge >= 0.3 is 0 Å². The highest BCUT2D eigenvalue weighted by Gasteiger charge is 2.20. The molecule has 1 aromatic heterocycles. The minimum absolute atomic E-state index is 0.127. The van der Waals surface area contributed by atoms with Gasteiger partial charge in [-0.3, -0.25) is 14.4 Å². The number of hydrogen-bond donors (Lipinski definition) is 2. The molecule has 3 rings (SSSR count). The van der Waals surface area contributed by atoms with Crippen LogP contribution in [0.25, 0.3) is 0 Å². The Bertz CT molecular complexity index is 769. The fraction of sp³-hybridized carbons (Fsp3) is 0.0714. The summed E-state index contributed by atoms with van der Waals surface area (Å²) in [6.07, 6.45) is -0.226. The Kier molecular flexibility index (Phi) is 3.60. The summed E-state index contributed by atoms with van der Waals surface area (Å²) in [7, 11) is 0. The second-order valence-electron chi connectivity index (χ2n) is 4.47. The molecule has 1 aliphatic heterocycles. The van der Waals surface area contributed by atoms with E-state index < -0.39 is 5.91 Å². The Hall–Kier alpha value is -1.99. The fourth-order valence-corrected chi connectivity index (χ4v) is 3.36. The fourth-order valence-electron chi connectivity index (χ4n) is 2.01. The molecule has 0 bridgehead atoms. The van der Waals surface area contributed by atoms with E-state index in [1.807, 2.05) is 6.07 Å². The van der Waals surface area contributed by atoms with Gasteiger partial charge in [0.1, 0.15) is 6.42 Å². The molecule has 21 heavy (non-hydrogen) atoms. The van der Waals surface area contributed by atoms with Crippen LogP contribution in [0, 0.1) is 0 Å². The van der Waals surface area contributed by atoms with Gasteiger partial charge in [-0.05, 0) is 46.3 Å². The highest BCUT2D eigenvalue weighted by atomic mass is 79.9. The van der Waals surface area contributed by atoms with E-state index in [2.05, 4.69) is 26.6 Å². The quantitative estimate of drug-likeness (QED) is 0.635. The normalized spacial score (nSPS) is 14.0. The number of amides is 2. The summed E-state index contributed by atoms with van der Waals surface area (Å²) in [6.45, 7) is 0. The lowest BCUT2D eigenvalue weighted by atomic mass is 10.1. The van der Waals surface area contributed by atoms with E-state index in [9.17, 15) is 14.4 Å². The van der Waals surface area contributed by atoms with E-state index in [-0.39, 0.29) is 18.1 Å². The molecular formula is C14H9BrN2O3S. The minimum Gasteiger partial charge on any atom is -0.324 e. The molecule has 7 heteroatoms. The van der Waals surface area contributed by atoms with Gasteiger partial charge < -0.3 is 10.6 Å². The number of anilines is 2. The topological polar surface area (TPSA) is 75.3 Å². The third kappa shape index (κ3) is 2.88. The monoisotopic (exact) mass is 364 g/mol. The first kappa shape index (κ1) is 14.0. The third-order valence-electron chi connectivity index (χ3n) is 2.95. The molecule has 0 saturated heterocycles. The first-order chi connectivity index (χ1) is 10.0. The molecule has 1 aliphatic rings. The summed E-state index contributed by atoms with van der Waals surface area (Å²) in [4.78, 5) is 36.0. The van der Waals surface area contributed by atoms with Gasteiger partial charge in [0.05, 0.1) is 20.0 Å². The van der Waals surface area contributed by atoms with Crippen molar-refractivity contribution in [2.75, 3.05) is 10.6 Å². The second-order valence-corrected chi connectivity index (χ2v) is 6.93. The van der Waals surface area contributed by atoms with Crippen molar-refractivity contribution in [3.8, 4) is 0 Å². The Balaban J connectivity index is 1.97. The molecule has 106 valence electrons. The van der Waals surface area contributed by atoms with Crippen molar-refractivity contribution in [1.82, 2.24) is 0 Å². The number of carbonyl (C=O) groups excluding carboxylic acids is 3. The Morgan fingerprint density at radius 2 is 1.76 bits per heavy atom. The molecule has 0 unspecified atom stereocenters. The van der Waals surface area contributed by atoms with Crippen LogP contribution >= 0.6 is 27.3 Å². The predicted octanol–water partition coefficient (Wildman–Crippen LogP) is 3.02. The molecule has 2 aromatic rings. The van der Waals surface area contributed by atoms with Crippen molar-refractivity contribution in [3.05, 3.63) is 44.6 Å². The number of thiophene rings is 1. The van der Waals surface area contributed by atoms with Crippen LogP contribution < -0.4 is 10.6 Å². The molecule has 0 radical (unpaired) electrons. The van der Waals surface area contributed by atoms with Gasteiger partial charge in [0.25, 0.3) is 0 Å². The minimum atomic E-state index is -0.394. The molecule has 0 atom stereocenters. The number of benzene rings is 1. The summed E-state index contributed by atoms with van der Waals surface area (Å²) >= 11 is 4.66. The van der Waals surface area contributed by atoms with E-state index in [0.29, 0.717) is 21.8 Å². The number of carbonyl (C=O) groups is 3. The third-order valence-corrected chi connectivity index (χ3v) is 4.57. The van der Waals surface area contributed by atoms with E-state index in [4.69, 9.17) is 0 Å². The summed E-state index contributed by atoms with van der Waals surface area (Å²) in [6, 6.07) is 8.38. The molecule has 0 saturated carbocycles. The molecule has 0 fully saturated rings. The molecule has 0 spiro atoms. The second kappa shape index (κ2) is 5.42. The lowest BCUT2D eigenvalue weighted by Crippen LogP contribution is -2.16. The van der Waals surface area contributed by atoms with E-state index in [1.54, 1.807) is 24.3 Å². The zero-order valence-electron chi connectivity index (χ0n) is 10.6. The number of halogens is 1. The van der Waals surface area contributed by atoms with Crippen LogP contribution in [-0.2, 0) is 9.59 Å². The lowest BCUT2D eigenvalue weighted by molar-refractivity contribution is -0.123. The molecule has 1 aromatic carbocycles. The van der Waals surface area contributed by atoms with Crippen molar-refractivity contribution < 1.29 is 14.4 Å². The lowest BCUT2D eigenvalue weighted by Gasteiger charge is -2.08. The molecule has 5 nitrogen and oxygen atoms in total. The maximum atomic E-state index is 12.4. The SMILES string of the molecule is O=C1CC(=O)Nc2cc(C(=O)c3ccc(Br)s3)ccc2N1. The Morgan fingerprint density at radius 3 is 2.43 bits per heavy atom. The first-order valence-electron chi connectivity index (χ1n) is 6.07. The van der Waals surface area contributed by atoms with Crippen LogP contribution in [0.15, 0.2) is 34.1 Å². The van der Waals surface area contributed by atoms with Crippen molar-refractivity contribution in [2.24, 2.45) is 0 Å². The number of nitrogens with one attached hydrogen (secondary N) is 2. The summed E-state index contributed by atoms with van der Waals surface area (Å²) in [5.74, 6) is -0.888. The van der Waals surface area contributed by atoms with Crippen LogP contribution in [0.4, 0.5) is 11.4 Å². The molecule has 0 aliphatic carbocycles. The van der Waals surface area contributed by atoms with Gasteiger partial charge in [-0.25, -0.2) is 0 Å². The van der Waals surface area contributed by atoms with Crippen LogP contribution in [0.2, 0.25) is 0 Å². The molecule has 2 amide bonds. The molecular weight excluding hydrogens is 356 g/mol. The van der Waals surface area contributed by atoms with Crippen molar-refractivity contribution >= 4 is 56.2 Å². The average Bonchev–Trinajstić information content (AvgIpc) is 2.79. The highest BCUT2D eigenvalue weighted by molar-refractivity contribution is 9.11. The molecule has 2 heterocycles. The largest absolute Gasteiger partial charge is 0.324 e.